The lowest BCUT2D eigenvalue weighted by Crippen LogP contribution is -2.52. The van der Waals surface area contributed by atoms with E-state index in [1.165, 1.54) is 5.69 Å². The number of carbonyl (C=O) groups is 1. The number of hydrogen-bond acceptors (Lipinski definition) is 3. The second kappa shape index (κ2) is 8.00. The summed E-state index contributed by atoms with van der Waals surface area (Å²) in [5.74, 6) is 0.719. The zero-order valence-electron chi connectivity index (χ0n) is 15.5. The normalized spacial score (nSPS) is 15.7. The summed E-state index contributed by atoms with van der Waals surface area (Å²) in [6.45, 7) is 8.78. The Hall–Kier alpha value is -2.20. The molecular weight excluding hydrogens is 348 g/mol. The average molecular weight is 373 g/mol. The van der Waals surface area contributed by atoms with Crippen LogP contribution in [-0.4, -0.2) is 43.1 Å². The highest BCUT2D eigenvalue weighted by atomic mass is 35.5. The molecule has 1 amide bonds. The number of amides is 1. The Morgan fingerprint density at radius 2 is 1.62 bits per heavy atom. The van der Waals surface area contributed by atoms with E-state index in [1.54, 1.807) is 0 Å². The van der Waals surface area contributed by atoms with Gasteiger partial charge < -0.3 is 14.5 Å². The van der Waals surface area contributed by atoms with Crippen LogP contribution >= 0.6 is 11.6 Å². The molecule has 138 valence electrons. The second-order valence-electron chi connectivity index (χ2n) is 6.78. The Morgan fingerprint density at radius 3 is 2.19 bits per heavy atom. The van der Waals surface area contributed by atoms with Crippen LogP contribution in [-0.2, 0) is 4.79 Å². The summed E-state index contributed by atoms with van der Waals surface area (Å²) in [5.41, 5.74) is 3.12. The number of hydrogen-bond donors (Lipinski definition) is 0. The predicted octanol–water partition coefficient (Wildman–Crippen LogP) is 4.07. The molecule has 1 aliphatic heterocycles. The van der Waals surface area contributed by atoms with E-state index < -0.39 is 6.10 Å². The van der Waals surface area contributed by atoms with Crippen molar-refractivity contribution < 1.29 is 9.53 Å². The van der Waals surface area contributed by atoms with Crippen molar-refractivity contribution in [3.8, 4) is 5.75 Å². The fraction of sp³-hybridized carbons (Fsp3) is 0.381. The fourth-order valence-corrected chi connectivity index (χ4v) is 3.42. The quantitative estimate of drug-likeness (QED) is 0.810. The molecule has 2 aromatic rings. The minimum absolute atomic E-state index is 0.0305. The highest BCUT2D eigenvalue weighted by Gasteiger charge is 2.26. The van der Waals surface area contributed by atoms with Crippen LogP contribution in [0.3, 0.4) is 0 Å². The zero-order valence-corrected chi connectivity index (χ0v) is 16.3. The number of benzene rings is 2. The molecule has 5 heteroatoms. The molecule has 3 rings (SSSR count). The molecule has 0 N–H and O–H groups in total. The van der Waals surface area contributed by atoms with Gasteiger partial charge in [0.25, 0.3) is 5.91 Å². The number of aryl methyl sites for hydroxylation is 2. The molecular formula is C21H25ClN2O2. The van der Waals surface area contributed by atoms with Gasteiger partial charge in [-0.2, -0.15) is 0 Å². The van der Waals surface area contributed by atoms with E-state index in [0.29, 0.717) is 18.8 Å². The number of rotatable bonds is 4. The first-order chi connectivity index (χ1) is 12.5. The van der Waals surface area contributed by atoms with Crippen LogP contribution in [0.4, 0.5) is 5.69 Å². The van der Waals surface area contributed by atoms with Crippen molar-refractivity contribution in [2.45, 2.75) is 26.9 Å². The SMILES string of the molecule is Cc1cc(OC(C)C(=O)N2CCN(c3ccccc3)CC2)cc(C)c1Cl. The maximum Gasteiger partial charge on any atom is 0.263 e. The van der Waals surface area contributed by atoms with Crippen LogP contribution < -0.4 is 9.64 Å². The van der Waals surface area contributed by atoms with Gasteiger partial charge in [0, 0.05) is 36.9 Å². The maximum absolute atomic E-state index is 12.7. The third-order valence-electron chi connectivity index (χ3n) is 4.78. The minimum Gasteiger partial charge on any atom is -0.481 e. The molecule has 26 heavy (non-hydrogen) atoms. The molecule has 1 saturated heterocycles. The summed E-state index contributed by atoms with van der Waals surface area (Å²) in [5, 5.41) is 0.744. The lowest BCUT2D eigenvalue weighted by molar-refractivity contribution is -0.138. The number of para-hydroxylation sites is 1. The van der Waals surface area contributed by atoms with Crippen molar-refractivity contribution >= 4 is 23.2 Å². The van der Waals surface area contributed by atoms with Crippen LogP contribution in [0, 0.1) is 13.8 Å². The Labute approximate surface area is 160 Å². The molecule has 1 fully saturated rings. The monoisotopic (exact) mass is 372 g/mol. The molecule has 0 spiro atoms. The van der Waals surface area contributed by atoms with E-state index in [2.05, 4.69) is 17.0 Å². The molecule has 0 radical (unpaired) electrons. The second-order valence-corrected chi connectivity index (χ2v) is 7.16. The Kier molecular flexibility index (Phi) is 5.72. The Morgan fingerprint density at radius 1 is 1.04 bits per heavy atom. The molecule has 4 nitrogen and oxygen atoms in total. The summed E-state index contributed by atoms with van der Waals surface area (Å²) >= 11 is 6.20. The van der Waals surface area contributed by atoms with Crippen molar-refractivity contribution in [1.29, 1.82) is 0 Å². The number of halogens is 1. The van der Waals surface area contributed by atoms with Crippen LogP contribution in [0.25, 0.3) is 0 Å². The number of anilines is 1. The van der Waals surface area contributed by atoms with Gasteiger partial charge in [0.15, 0.2) is 6.10 Å². The van der Waals surface area contributed by atoms with Crippen LogP contribution in [0.5, 0.6) is 5.75 Å². The predicted molar refractivity (Wildman–Crippen MR) is 106 cm³/mol. The van der Waals surface area contributed by atoms with Gasteiger partial charge in [-0.1, -0.05) is 29.8 Å². The zero-order chi connectivity index (χ0) is 18.7. The van der Waals surface area contributed by atoms with Gasteiger partial charge in [-0.25, -0.2) is 0 Å². The highest BCUT2D eigenvalue weighted by Crippen LogP contribution is 2.26. The molecule has 1 aliphatic rings. The Balaban J connectivity index is 1.58. The van der Waals surface area contributed by atoms with E-state index in [1.807, 2.05) is 56.0 Å². The van der Waals surface area contributed by atoms with Crippen molar-refractivity contribution in [1.82, 2.24) is 4.90 Å². The standard InChI is InChI=1S/C21H25ClN2O2/c1-15-13-19(14-16(2)20(15)22)26-17(3)21(25)24-11-9-23(10-12-24)18-7-5-4-6-8-18/h4-8,13-14,17H,9-12H2,1-3H3. The first-order valence-corrected chi connectivity index (χ1v) is 9.35. The van der Waals surface area contributed by atoms with Gasteiger partial charge in [-0.05, 0) is 56.2 Å². The number of nitrogens with zero attached hydrogens (tertiary/aromatic N) is 2. The van der Waals surface area contributed by atoms with Gasteiger partial charge in [0.2, 0.25) is 0 Å². The molecule has 0 saturated carbocycles. The molecule has 1 unspecified atom stereocenters. The topological polar surface area (TPSA) is 32.8 Å². The summed E-state index contributed by atoms with van der Waals surface area (Å²) < 4.78 is 5.89. The third kappa shape index (κ3) is 4.13. The minimum atomic E-state index is -0.516. The van der Waals surface area contributed by atoms with Crippen molar-refractivity contribution in [2.75, 3.05) is 31.1 Å². The van der Waals surface area contributed by atoms with E-state index in [0.717, 1.165) is 29.2 Å². The average Bonchev–Trinajstić information content (AvgIpc) is 2.66. The molecule has 0 bridgehead atoms. The largest absolute Gasteiger partial charge is 0.481 e. The number of carbonyl (C=O) groups excluding carboxylic acids is 1. The van der Waals surface area contributed by atoms with Gasteiger partial charge in [0.1, 0.15) is 5.75 Å². The Bertz CT molecular complexity index is 748. The third-order valence-corrected chi connectivity index (χ3v) is 5.38. The van der Waals surface area contributed by atoms with Crippen molar-refractivity contribution in [2.24, 2.45) is 0 Å². The summed E-state index contributed by atoms with van der Waals surface area (Å²) in [6.07, 6.45) is -0.516. The smallest absolute Gasteiger partial charge is 0.263 e. The molecule has 2 aromatic carbocycles. The summed E-state index contributed by atoms with van der Waals surface area (Å²) in [6, 6.07) is 14.1. The molecule has 1 heterocycles. The van der Waals surface area contributed by atoms with Gasteiger partial charge in [-0.15, -0.1) is 0 Å². The first-order valence-electron chi connectivity index (χ1n) is 8.98. The molecule has 0 aliphatic carbocycles. The summed E-state index contributed by atoms with van der Waals surface area (Å²) in [7, 11) is 0. The highest BCUT2D eigenvalue weighted by molar-refractivity contribution is 6.32. The summed E-state index contributed by atoms with van der Waals surface area (Å²) in [4.78, 5) is 16.9. The fourth-order valence-electron chi connectivity index (χ4n) is 3.31. The van der Waals surface area contributed by atoms with E-state index in [-0.39, 0.29) is 5.91 Å². The molecule has 0 aromatic heterocycles. The maximum atomic E-state index is 12.7. The number of piperazine rings is 1. The molecule has 1 atom stereocenters. The van der Waals surface area contributed by atoms with Crippen LogP contribution in [0.15, 0.2) is 42.5 Å². The van der Waals surface area contributed by atoms with Gasteiger partial charge in [-0.3, -0.25) is 4.79 Å². The number of ether oxygens (including phenoxy) is 1. The van der Waals surface area contributed by atoms with Gasteiger partial charge >= 0.3 is 0 Å². The van der Waals surface area contributed by atoms with E-state index in [4.69, 9.17) is 16.3 Å². The van der Waals surface area contributed by atoms with E-state index >= 15 is 0 Å². The van der Waals surface area contributed by atoms with Gasteiger partial charge in [0.05, 0.1) is 0 Å². The lowest BCUT2D eigenvalue weighted by Gasteiger charge is -2.37. The van der Waals surface area contributed by atoms with Crippen molar-refractivity contribution in [3.05, 3.63) is 58.6 Å². The van der Waals surface area contributed by atoms with Crippen LogP contribution in [0.2, 0.25) is 5.02 Å². The van der Waals surface area contributed by atoms with Crippen LogP contribution in [0.1, 0.15) is 18.1 Å². The van der Waals surface area contributed by atoms with E-state index in [9.17, 15) is 4.79 Å². The lowest BCUT2D eigenvalue weighted by atomic mass is 10.1. The van der Waals surface area contributed by atoms with Crippen molar-refractivity contribution in [3.63, 3.8) is 0 Å². The first kappa shape index (κ1) is 18.6.